The first-order chi connectivity index (χ1) is 9.70. The molecule has 1 saturated heterocycles. The van der Waals surface area contributed by atoms with Crippen LogP contribution >= 0.6 is 0 Å². The van der Waals surface area contributed by atoms with Crippen LogP contribution in [0, 0.1) is 0 Å². The van der Waals surface area contributed by atoms with Gasteiger partial charge in [-0.2, -0.15) is 0 Å². The van der Waals surface area contributed by atoms with Crippen molar-refractivity contribution in [3.05, 3.63) is 24.4 Å². The first-order valence-electron chi connectivity index (χ1n) is 7.27. The number of hydrogen-bond acceptors (Lipinski definition) is 5. The van der Waals surface area contributed by atoms with Crippen LogP contribution in [0.15, 0.2) is 24.4 Å². The largest absolute Gasteiger partial charge is 0.443 e. The summed E-state index contributed by atoms with van der Waals surface area (Å²) in [7, 11) is 0. The lowest BCUT2D eigenvalue weighted by molar-refractivity contribution is 0.0350. The zero-order chi connectivity index (χ0) is 15.9. The quantitative estimate of drug-likeness (QED) is 0.625. The smallest absolute Gasteiger partial charge is 0.414 e. The fourth-order valence-electron chi connectivity index (χ4n) is 1.77. The summed E-state index contributed by atoms with van der Waals surface area (Å²) in [6.07, 6.45) is 7.04. The van der Waals surface area contributed by atoms with Crippen LogP contribution in [0.1, 0.15) is 27.7 Å². The van der Waals surface area contributed by atoms with Crippen molar-refractivity contribution in [1.29, 1.82) is 0 Å². The molecule has 0 radical (unpaired) electrons. The summed E-state index contributed by atoms with van der Waals surface area (Å²) in [5.41, 5.74) is 5.10. The van der Waals surface area contributed by atoms with Gasteiger partial charge in [-0.3, -0.25) is 10.2 Å². The molecule has 1 unspecified atom stereocenters. The lowest BCUT2D eigenvalue weighted by Crippen LogP contribution is -2.62. The predicted molar refractivity (Wildman–Crippen MR) is 84.7 cm³/mol. The minimum Gasteiger partial charge on any atom is -0.443 e. The second-order valence-corrected chi connectivity index (χ2v) is 6.42. The van der Waals surface area contributed by atoms with Gasteiger partial charge in [-0.05, 0) is 33.8 Å². The van der Waals surface area contributed by atoms with E-state index in [1.807, 2.05) is 45.9 Å². The topological polar surface area (TPSA) is 79.6 Å². The third-order valence-corrected chi connectivity index (χ3v) is 2.77. The average molecular weight is 296 g/mol. The highest BCUT2D eigenvalue weighted by Crippen LogP contribution is 2.11. The lowest BCUT2D eigenvalue weighted by Gasteiger charge is -2.31. The number of carbonyl (C=O) groups is 1. The first-order valence-corrected chi connectivity index (χ1v) is 7.27. The molecular weight excluding hydrogens is 268 g/mol. The summed E-state index contributed by atoms with van der Waals surface area (Å²) in [4.78, 5) is 13.0. The molecular formula is C15H28N4O2. The molecule has 0 aliphatic carbocycles. The van der Waals surface area contributed by atoms with Gasteiger partial charge in [0.2, 0.25) is 0 Å². The fourth-order valence-corrected chi connectivity index (χ4v) is 1.77. The van der Waals surface area contributed by atoms with E-state index in [0.717, 1.165) is 19.6 Å². The Balaban J connectivity index is 0.000000235. The normalized spacial score (nSPS) is 25.1. The maximum Gasteiger partial charge on any atom is 0.414 e. The Morgan fingerprint density at radius 1 is 1.33 bits per heavy atom. The molecule has 4 N–H and O–H groups in total. The number of piperazine rings is 1. The first kappa shape index (κ1) is 17.7. The van der Waals surface area contributed by atoms with E-state index in [0.29, 0.717) is 6.54 Å². The monoisotopic (exact) mass is 296 g/mol. The summed E-state index contributed by atoms with van der Waals surface area (Å²) in [5.74, 6) is 0. The highest BCUT2D eigenvalue weighted by Gasteiger charge is 2.20. The molecule has 0 saturated carbocycles. The van der Waals surface area contributed by atoms with Crippen LogP contribution in [-0.4, -0.2) is 48.4 Å². The summed E-state index contributed by atoms with van der Waals surface area (Å²) < 4.78 is 5.18. The van der Waals surface area contributed by atoms with Gasteiger partial charge in [0, 0.05) is 32.4 Å². The predicted octanol–water partition coefficient (Wildman–Crippen LogP) is 1.16. The number of hydrogen-bond donors (Lipinski definition) is 3. The van der Waals surface area contributed by atoms with E-state index in [9.17, 15) is 4.79 Å². The number of nitrogens with two attached hydrogens (primary N) is 1. The van der Waals surface area contributed by atoms with Crippen molar-refractivity contribution in [2.45, 2.75) is 39.0 Å². The van der Waals surface area contributed by atoms with E-state index < -0.39 is 5.60 Å². The molecule has 1 fully saturated rings. The van der Waals surface area contributed by atoms with Gasteiger partial charge in [0.05, 0.1) is 5.66 Å². The van der Waals surface area contributed by atoms with Gasteiger partial charge in [-0.1, -0.05) is 12.2 Å². The van der Waals surface area contributed by atoms with Gasteiger partial charge in [0.25, 0.3) is 0 Å². The number of ether oxygens (including phenoxy) is 1. The minimum atomic E-state index is -0.425. The van der Waals surface area contributed by atoms with Crippen LogP contribution in [-0.2, 0) is 4.74 Å². The van der Waals surface area contributed by atoms with E-state index in [1.165, 1.54) is 4.90 Å². The maximum atomic E-state index is 11.4. The maximum absolute atomic E-state index is 11.4. The standard InChI is InChI=1S/C10H15NO2.C5H13N3/c1-10(2,3)13-9(12)11-7-5-4-6-8-11;1-5(6)4-7-2-3-8-5/h4-7H,8H2,1-3H3;7-8H,2-4,6H2,1H3. The van der Waals surface area contributed by atoms with Crippen LogP contribution in [0.3, 0.4) is 0 Å². The van der Waals surface area contributed by atoms with Gasteiger partial charge in [-0.15, -0.1) is 0 Å². The Morgan fingerprint density at radius 3 is 2.43 bits per heavy atom. The van der Waals surface area contributed by atoms with Gasteiger partial charge in [0.1, 0.15) is 5.60 Å². The average Bonchev–Trinajstić information content (AvgIpc) is 2.38. The lowest BCUT2D eigenvalue weighted by atomic mass is 10.2. The van der Waals surface area contributed by atoms with E-state index >= 15 is 0 Å². The summed E-state index contributed by atoms with van der Waals surface area (Å²) in [6.45, 7) is 11.0. The number of amides is 1. The molecule has 2 aliphatic heterocycles. The molecule has 120 valence electrons. The molecule has 0 aromatic rings. The number of nitrogens with one attached hydrogen (secondary N) is 2. The van der Waals surface area contributed by atoms with Gasteiger partial charge >= 0.3 is 6.09 Å². The van der Waals surface area contributed by atoms with Gasteiger partial charge < -0.3 is 15.8 Å². The molecule has 2 aliphatic rings. The Kier molecular flexibility index (Phi) is 6.39. The Labute approximate surface area is 127 Å². The molecule has 6 heteroatoms. The van der Waals surface area contributed by atoms with Crippen molar-refractivity contribution >= 4 is 6.09 Å². The molecule has 0 spiro atoms. The molecule has 0 bridgehead atoms. The van der Waals surface area contributed by atoms with E-state index in [4.69, 9.17) is 10.5 Å². The van der Waals surface area contributed by atoms with Crippen LogP contribution < -0.4 is 16.4 Å². The van der Waals surface area contributed by atoms with Crippen LogP contribution in [0.25, 0.3) is 0 Å². The molecule has 6 nitrogen and oxygen atoms in total. The van der Waals surface area contributed by atoms with Crippen molar-refractivity contribution in [2.75, 3.05) is 26.2 Å². The van der Waals surface area contributed by atoms with E-state index in [1.54, 1.807) is 6.20 Å². The molecule has 0 aromatic heterocycles. The minimum absolute atomic E-state index is 0.182. The van der Waals surface area contributed by atoms with Crippen LogP contribution in [0.2, 0.25) is 0 Å². The van der Waals surface area contributed by atoms with Gasteiger partial charge in [0.15, 0.2) is 0 Å². The second kappa shape index (κ2) is 7.59. The summed E-state index contributed by atoms with van der Waals surface area (Å²) >= 11 is 0. The molecule has 21 heavy (non-hydrogen) atoms. The van der Waals surface area contributed by atoms with Gasteiger partial charge in [-0.25, -0.2) is 4.79 Å². The molecule has 1 atom stereocenters. The molecule has 0 aromatic carbocycles. The third-order valence-electron chi connectivity index (χ3n) is 2.77. The van der Waals surface area contributed by atoms with Crippen molar-refractivity contribution in [1.82, 2.24) is 15.5 Å². The number of carbonyl (C=O) groups excluding carboxylic acids is 1. The van der Waals surface area contributed by atoms with Crippen molar-refractivity contribution < 1.29 is 9.53 Å². The molecule has 2 heterocycles. The zero-order valence-electron chi connectivity index (χ0n) is 13.5. The highest BCUT2D eigenvalue weighted by atomic mass is 16.6. The number of nitrogens with zero attached hydrogens (tertiary/aromatic N) is 1. The third kappa shape index (κ3) is 7.84. The number of allylic oxidation sites excluding steroid dienone is 2. The Morgan fingerprint density at radius 2 is 2.05 bits per heavy atom. The van der Waals surface area contributed by atoms with E-state index in [2.05, 4.69) is 10.6 Å². The molecule has 2 rings (SSSR count). The second-order valence-electron chi connectivity index (χ2n) is 6.42. The number of rotatable bonds is 0. The SMILES string of the molecule is CC(C)(C)OC(=O)N1C=CC=CC1.CC1(N)CNCCN1. The molecule has 1 amide bonds. The Bertz CT molecular complexity index is 389. The zero-order valence-corrected chi connectivity index (χ0v) is 13.5. The summed E-state index contributed by atoms with van der Waals surface area (Å²) in [5, 5.41) is 6.36. The van der Waals surface area contributed by atoms with Crippen LogP contribution in [0.4, 0.5) is 4.79 Å². The van der Waals surface area contributed by atoms with Crippen molar-refractivity contribution in [2.24, 2.45) is 5.73 Å². The summed E-state index contributed by atoms with van der Waals surface area (Å²) in [6, 6.07) is 0. The van der Waals surface area contributed by atoms with Crippen LogP contribution in [0.5, 0.6) is 0 Å². The van der Waals surface area contributed by atoms with Crippen molar-refractivity contribution in [3.63, 3.8) is 0 Å². The highest BCUT2D eigenvalue weighted by molar-refractivity contribution is 5.70. The fraction of sp³-hybridized carbons (Fsp3) is 0.667. The Hall–Kier alpha value is -1.37. The van der Waals surface area contributed by atoms with Crippen molar-refractivity contribution in [3.8, 4) is 0 Å². The van der Waals surface area contributed by atoms with E-state index in [-0.39, 0.29) is 11.8 Å².